The molecule has 52 heavy (non-hydrogen) atoms. The van der Waals surface area contributed by atoms with Crippen molar-refractivity contribution < 1.29 is 0 Å². The molecule has 7 aromatic carbocycles. The Balaban J connectivity index is 1.16. The number of aromatic nitrogens is 2. The molecule has 1 heterocycles. The molecule has 0 unspecified atom stereocenters. The van der Waals surface area contributed by atoms with Crippen molar-refractivity contribution in [3.63, 3.8) is 0 Å². The second-order valence-electron chi connectivity index (χ2n) is 15.4. The van der Waals surface area contributed by atoms with E-state index in [9.17, 15) is 0 Å². The van der Waals surface area contributed by atoms with Gasteiger partial charge in [-0.2, -0.15) is 0 Å². The van der Waals surface area contributed by atoms with Gasteiger partial charge in [0.15, 0.2) is 5.82 Å². The van der Waals surface area contributed by atoms with Crippen molar-refractivity contribution in [1.29, 1.82) is 0 Å². The maximum atomic E-state index is 5.28. The van der Waals surface area contributed by atoms with Gasteiger partial charge in [-0.05, 0) is 78.5 Å². The standard InChI is InChI=1S/C50H38N2/c1-49(2)42-23-12-10-19-36(42)38-26-25-32(29-44(38)49)45-30-46(52-48(51-45)31-15-6-5-7-16-31)39-28-27-35(33-17-8-9-18-34(33)39)40-21-14-22-41-37-20-11-13-24-43(37)50(3,4)47(40)41/h5-30H,1-4H3. The van der Waals surface area contributed by atoms with E-state index in [2.05, 4.69) is 179 Å². The van der Waals surface area contributed by atoms with Gasteiger partial charge in [0.05, 0.1) is 11.4 Å². The summed E-state index contributed by atoms with van der Waals surface area (Å²) in [5.41, 5.74) is 18.2. The molecule has 0 amide bonds. The van der Waals surface area contributed by atoms with Crippen LogP contribution in [0.3, 0.4) is 0 Å². The molecule has 2 nitrogen and oxygen atoms in total. The van der Waals surface area contributed by atoms with Gasteiger partial charge >= 0.3 is 0 Å². The molecule has 2 heteroatoms. The summed E-state index contributed by atoms with van der Waals surface area (Å²) in [6, 6.07) is 57.3. The van der Waals surface area contributed by atoms with Gasteiger partial charge in [0, 0.05) is 27.5 Å². The summed E-state index contributed by atoms with van der Waals surface area (Å²) in [6.07, 6.45) is 0. The van der Waals surface area contributed by atoms with Crippen LogP contribution in [0.25, 0.3) is 78.1 Å². The molecule has 0 fully saturated rings. The monoisotopic (exact) mass is 666 g/mol. The number of rotatable bonds is 4. The van der Waals surface area contributed by atoms with Gasteiger partial charge in [-0.1, -0.05) is 173 Å². The molecule has 2 aliphatic rings. The molecule has 2 aliphatic carbocycles. The molecule has 0 atom stereocenters. The predicted molar refractivity (Wildman–Crippen MR) is 216 cm³/mol. The van der Waals surface area contributed by atoms with E-state index in [0.29, 0.717) is 0 Å². The van der Waals surface area contributed by atoms with Crippen LogP contribution in [0.2, 0.25) is 0 Å². The summed E-state index contributed by atoms with van der Waals surface area (Å²) in [7, 11) is 0. The van der Waals surface area contributed by atoms with Gasteiger partial charge in [-0.3, -0.25) is 0 Å². The summed E-state index contributed by atoms with van der Waals surface area (Å²) in [5.74, 6) is 0.727. The van der Waals surface area contributed by atoms with Crippen LogP contribution in [0.1, 0.15) is 49.9 Å². The van der Waals surface area contributed by atoms with Crippen molar-refractivity contribution in [2.45, 2.75) is 38.5 Å². The molecule has 0 spiro atoms. The van der Waals surface area contributed by atoms with Crippen molar-refractivity contribution in [2.24, 2.45) is 0 Å². The van der Waals surface area contributed by atoms with Crippen molar-refractivity contribution in [2.75, 3.05) is 0 Å². The fourth-order valence-electron chi connectivity index (χ4n) is 9.14. The van der Waals surface area contributed by atoms with E-state index in [1.165, 1.54) is 66.4 Å². The summed E-state index contributed by atoms with van der Waals surface area (Å²) >= 11 is 0. The van der Waals surface area contributed by atoms with Gasteiger partial charge in [-0.25, -0.2) is 9.97 Å². The average molecular weight is 667 g/mol. The van der Waals surface area contributed by atoms with Gasteiger partial charge in [0.25, 0.3) is 0 Å². The third-order valence-corrected chi connectivity index (χ3v) is 11.7. The predicted octanol–water partition coefficient (Wildman–Crippen LogP) is 12.9. The molecule has 0 radical (unpaired) electrons. The van der Waals surface area contributed by atoms with E-state index in [4.69, 9.17) is 9.97 Å². The second-order valence-corrected chi connectivity index (χ2v) is 15.4. The Hall–Kier alpha value is -6.12. The minimum atomic E-state index is -0.111. The van der Waals surface area contributed by atoms with E-state index in [1.54, 1.807) is 0 Å². The number of nitrogens with zero attached hydrogens (tertiary/aromatic N) is 2. The van der Waals surface area contributed by atoms with E-state index in [-0.39, 0.29) is 10.8 Å². The molecular weight excluding hydrogens is 629 g/mol. The maximum Gasteiger partial charge on any atom is 0.160 e. The molecule has 1 aromatic heterocycles. The number of hydrogen-bond donors (Lipinski definition) is 0. The van der Waals surface area contributed by atoms with Crippen LogP contribution in [-0.2, 0) is 10.8 Å². The SMILES string of the molecule is CC1(C)c2ccccc2-c2ccc(-c3cc(-c4ccc(-c5cccc6c5C(C)(C)c5ccccc5-6)c5ccccc45)nc(-c4ccccc4)n3)cc21. The Kier molecular flexibility index (Phi) is 6.60. The fraction of sp³-hybridized carbons (Fsp3) is 0.120. The molecule has 0 saturated carbocycles. The number of fused-ring (bicyclic) bond motifs is 7. The van der Waals surface area contributed by atoms with Crippen LogP contribution in [-0.4, -0.2) is 9.97 Å². The van der Waals surface area contributed by atoms with Crippen LogP contribution >= 0.6 is 0 Å². The molecule has 0 N–H and O–H groups in total. The highest BCUT2D eigenvalue weighted by molar-refractivity contribution is 6.06. The van der Waals surface area contributed by atoms with Crippen LogP contribution in [0.15, 0.2) is 158 Å². The minimum absolute atomic E-state index is 0.0976. The lowest BCUT2D eigenvalue weighted by molar-refractivity contribution is 0.660. The highest BCUT2D eigenvalue weighted by Crippen LogP contribution is 2.53. The summed E-state index contributed by atoms with van der Waals surface area (Å²) < 4.78 is 0. The summed E-state index contributed by atoms with van der Waals surface area (Å²) in [5, 5.41) is 2.40. The van der Waals surface area contributed by atoms with Crippen LogP contribution < -0.4 is 0 Å². The summed E-state index contributed by atoms with van der Waals surface area (Å²) in [4.78, 5) is 10.5. The summed E-state index contributed by atoms with van der Waals surface area (Å²) in [6.45, 7) is 9.39. The smallest absolute Gasteiger partial charge is 0.160 e. The highest BCUT2D eigenvalue weighted by atomic mass is 14.9. The second kappa shape index (κ2) is 11.2. The van der Waals surface area contributed by atoms with Gasteiger partial charge < -0.3 is 0 Å². The first-order chi connectivity index (χ1) is 25.3. The van der Waals surface area contributed by atoms with Crippen molar-refractivity contribution in [1.82, 2.24) is 9.97 Å². The Morgan fingerprint density at radius 2 is 0.865 bits per heavy atom. The number of hydrogen-bond acceptors (Lipinski definition) is 2. The van der Waals surface area contributed by atoms with Crippen molar-refractivity contribution in [3.8, 4) is 67.3 Å². The molecule has 8 aromatic rings. The van der Waals surface area contributed by atoms with E-state index >= 15 is 0 Å². The minimum Gasteiger partial charge on any atom is -0.228 e. The Morgan fingerprint density at radius 3 is 1.62 bits per heavy atom. The average Bonchev–Trinajstić information content (AvgIpc) is 3.57. The van der Waals surface area contributed by atoms with Crippen molar-refractivity contribution >= 4 is 10.8 Å². The third kappa shape index (κ3) is 4.43. The van der Waals surface area contributed by atoms with Gasteiger partial charge in [0.1, 0.15) is 0 Å². The van der Waals surface area contributed by atoms with Crippen LogP contribution in [0, 0.1) is 0 Å². The zero-order chi connectivity index (χ0) is 35.2. The first-order valence-corrected chi connectivity index (χ1v) is 18.3. The van der Waals surface area contributed by atoms with Gasteiger partial charge in [-0.15, -0.1) is 0 Å². The highest BCUT2D eigenvalue weighted by Gasteiger charge is 2.38. The Bertz CT molecular complexity index is 2730. The van der Waals surface area contributed by atoms with E-state index in [1.807, 2.05) is 6.07 Å². The van der Waals surface area contributed by atoms with E-state index < -0.39 is 0 Å². The normalized spacial score (nSPS) is 14.5. The van der Waals surface area contributed by atoms with Gasteiger partial charge in [0.2, 0.25) is 0 Å². The van der Waals surface area contributed by atoms with Crippen LogP contribution in [0.4, 0.5) is 0 Å². The first kappa shape index (κ1) is 30.7. The lowest BCUT2D eigenvalue weighted by atomic mass is 9.78. The van der Waals surface area contributed by atoms with Crippen molar-refractivity contribution in [3.05, 3.63) is 180 Å². The lowest BCUT2D eigenvalue weighted by Crippen LogP contribution is -2.16. The molecule has 248 valence electrons. The first-order valence-electron chi connectivity index (χ1n) is 18.3. The van der Waals surface area contributed by atoms with E-state index in [0.717, 1.165) is 33.9 Å². The Labute approximate surface area is 305 Å². The molecule has 0 saturated heterocycles. The largest absolute Gasteiger partial charge is 0.228 e. The quantitative estimate of drug-likeness (QED) is 0.187. The molecule has 0 aliphatic heterocycles. The number of benzene rings is 7. The van der Waals surface area contributed by atoms with Crippen LogP contribution in [0.5, 0.6) is 0 Å². The fourth-order valence-corrected chi connectivity index (χ4v) is 9.14. The molecular formula is C50H38N2. The third-order valence-electron chi connectivity index (χ3n) is 11.7. The molecule has 0 bridgehead atoms. The molecule has 10 rings (SSSR count). The topological polar surface area (TPSA) is 25.8 Å². The maximum absolute atomic E-state index is 5.28. The Morgan fingerprint density at radius 1 is 0.346 bits per heavy atom. The zero-order valence-electron chi connectivity index (χ0n) is 29.9. The lowest BCUT2D eigenvalue weighted by Gasteiger charge is -2.25. The zero-order valence-corrected chi connectivity index (χ0v) is 29.9.